The highest BCUT2D eigenvalue weighted by Crippen LogP contribution is 2.29. The first kappa shape index (κ1) is 24.9. The number of anilines is 2. The van der Waals surface area contributed by atoms with E-state index in [1.807, 2.05) is 54.6 Å². The van der Waals surface area contributed by atoms with Crippen LogP contribution in [0.3, 0.4) is 0 Å². The number of carbonyl (C=O) groups is 1. The van der Waals surface area contributed by atoms with Gasteiger partial charge in [0.15, 0.2) is 0 Å². The molecule has 1 fully saturated rings. The molecule has 3 aromatic rings. The number of hydrogen-bond donors (Lipinski definition) is 5. The predicted molar refractivity (Wildman–Crippen MR) is 142 cm³/mol. The third-order valence-electron chi connectivity index (χ3n) is 6.49. The van der Waals surface area contributed by atoms with Crippen LogP contribution in [0.5, 0.6) is 0 Å². The van der Waals surface area contributed by atoms with Gasteiger partial charge in [-0.3, -0.25) is 20.2 Å². The van der Waals surface area contributed by atoms with E-state index in [-0.39, 0.29) is 24.1 Å². The Morgan fingerprint density at radius 2 is 1.83 bits per heavy atom. The van der Waals surface area contributed by atoms with Gasteiger partial charge in [-0.1, -0.05) is 42.5 Å². The van der Waals surface area contributed by atoms with Crippen LogP contribution in [0, 0.1) is 11.3 Å². The van der Waals surface area contributed by atoms with Crippen LogP contribution in [0.4, 0.5) is 11.4 Å². The number of likely N-dealkylation sites (tertiary alicyclic amines) is 1. The van der Waals surface area contributed by atoms with Gasteiger partial charge >= 0.3 is 0 Å². The van der Waals surface area contributed by atoms with Crippen LogP contribution in [-0.2, 0) is 4.79 Å². The Balaban J connectivity index is 1.58. The van der Waals surface area contributed by atoms with Gasteiger partial charge in [-0.25, -0.2) is 0 Å². The molecule has 1 aliphatic rings. The minimum atomic E-state index is -0.449. The maximum atomic E-state index is 13.6. The van der Waals surface area contributed by atoms with E-state index in [0.717, 1.165) is 48.3 Å². The summed E-state index contributed by atoms with van der Waals surface area (Å²) in [5.74, 6) is 0.148. The van der Waals surface area contributed by atoms with Crippen LogP contribution < -0.4 is 16.2 Å². The zero-order valence-corrected chi connectivity index (χ0v) is 20.3. The SMILES string of the molecule is N=C(c1cccc(SN)c1)c1cc(NC(=O)C(c2ccccc2)N2CCC(CO)CC2)ccc1N. The van der Waals surface area contributed by atoms with Crippen molar-refractivity contribution in [2.24, 2.45) is 11.1 Å². The van der Waals surface area contributed by atoms with E-state index in [0.29, 0.717) is 22.5 Å². The first-order chi connectivity index (χ1) is 17.0. The number of piperidine rings is 1. The zero-order valence-electron chi connectivity index (χ0n) is 19.5. The molecule has 8 heteroatoms. The number of carbonyl (C=O) groups excluding carboxylic acids is 1. The van der Waals surface area contributed by atoms with Gasteiger partial charge in [0.2, 0.25) is 5.91 Å². The Morgan fingerprint density at radius 1 is 1.09 bits per heavy atom. The van der Waals surface area contributed by atoms with Gasteiger partial charge in [0.25, 0.3) is 0 Å². The number of nitrogens with one attached hydrogen (secondary N) is 2. The molecule has 0 saturated carbocycles. The Hall–Kier alpha value is -3.17. The molecule has 1 saturated heterocycles. The molecule has 7 nitrogen and oxygen atoms in total. The molecule has 0 bridgehead atoms. The van der Waals surface area contributed by atoms with Crippen LogP contribution in [0.25, 0.3) is 0 Å². The lowest BCUT2D eigenvalue weighted by Crippen LogP contribution is -2.42. The number of nitrogens with two attached hydrogens (primary N) is 2. The Kier molecular flexibility index (Phi) is 8.20. The topological polar surface area (TPSA) is 128 Å². The molecule has 0 radical (unpaired) electrons. The number of aliphatic hydroxyl groups excluding tert-OH is 1. The van der Waals surface area contributed by atoms with E-state index in [9.17, 15) is 9.90 Å². The molecule has 182 valence electrons. The number of rotatable bonds is 8. The van der Waals surface area contributed by atoms with Gasteiger partial charge in [0.1, 0.15) is 6.04 Å². The third kappa shape index (κ3) is 5.91. The lowest BCUT2D eigenvalue weighted by Gasteiger charge is -2.36. The second kappa shape index (κ2) is 11.5. The van der Waals surface area contributed by atoms with E-state index < -0.39 is 6.04 Å². The fourth-order valence-corrected chi connectivity index (χ4v) is 4.85. The number of benzene rings is 3. The van der Waals surface area contributed by atoms with Crippen LogP contribution >= 0.6 is 11.9 Å². The monoisotopic (exact) mass is 489 g/mol. The van der Waals surface area contributed by atoms with Gasteiger partial charge in [-0.05, 0) is 79.7 Å². The number of hydrogen-bond acceptors (Lipinski definition) is 7. The van der Waals surface area contributed by atoms with E-state index in [1.165, 1.54) is 0 Å². The van der Waals surface area contributed by atoms with Crippen LogP contribution in [0.1, 0.15) is 35.6 Å². The summed E-state index contributed by atoms with van der Waals surface area (Å²) in [7, 11) is 0. The first-order valence-corrected chi connectivity index (χ1v) is 12.5. The normalized spacial score (nSPS) is 15.5. The maximum absolute atomic E-state index is 13.6. The van der Waals surface area contributed by atoms with Crippen molar-refractivity contribution >= 4 is 34.9 Å². The second-order valence-corrected chi connectivity index (χ2v) is 9.49. The van der Waals surface area contributed by atoms with Gasteiger partial charge in [-0.2, -0.15) is 0 Å². The maximum Gasteiger partial charge on any atom is 0.246 e. The summed E-state index contributed by atoms with van der Waals surface area (Å²) >= 11 is 1.12. The van der Waals surface area contributed by atoms with Crippen molar-refractivity contribution in [1.82, 2.24) is 4.90 Å². The summed E-state index contributed by atoms with van der Waals surface area (Å²) in [6.45, 7) is 1.67. The van der Waals surface area contributed by atoms with E-state index in [1.54, 1.807) is 18.2 Å². The number of aliphatic hydroxyl groups is 1. The summed E-state index contributed by atoms with van der Waals surface area (Å²) in [5, 5.41) is 26.9. The average Bonchev–Trinajstić information content (AvgIpc) is 2.90. The van der Waals surface area contributed by atoms with Crippen molar-refractivity contribution in [3.63, 3.8) is 0 Å². The summed E-state index contributed by atoms with van der Waals surface area (Å²) in [6, 6.07) is 21.9. The number of nitrogens with zero attached hydrogens (tertiary/aromatic N) is 1. The molecule has 1 heterocycles. The molecule has 0 spiro atoms. The molecule has 0 aromatic heterocycles. The van der Waals surface area contributed by atoms with Gasteiger partial charge in [0, 0.05) is 34.0 Å². The van der Waals surface area contributed by atoms with Crippen molar-refractivity contribution in [1.29, 1.82) is 5.41 Å². The molecule has 35 heavy (non-hydrogen) atoms. The molecule has 1 atom stereocenters. The van der Waals surface area contributed by atoms with Crippen molar-refractivity contribution in [3.8, 4) is 0 Å². The Labute approximate surface area is 210 Å². The van der Waals surface area contributed by atoms with E-state index in [2.05, 4.69) is 10.2 Å². The minimum Gasteiger partial charge on any atom is -0.398 e. The summed E-state index contributed by atoms with van der Waals surface area (Å²) < 4.78 is 0. The van der Waals surface area contributed by atoms with Crippen LogP contribution in [-0.4, -0.2) is 41.3 Å². The van der Waals surface area contributed by atoms with Gasteiger partial charge in [0.05, 0.1) is 5.71 Å². The molecular formula is C27H31N5O2S. The molecule has 0 aliphatic carbocycles. The molecule has 3 aromatic carbocycles. The van der Waals surface area contributed by atoms with E-state index in [4.69, 9.17) is 16.3 Å². The highest BCUT2D eigenvalue weighted by atomic mass is 32.2. The predicted octanol–water partition coefficient (Wildman–Crippen LogP) is 4.03. The van der Waals surface area contributed by atoms with Crippen LogP contribution in [0.2, 0.25) is 0 Å². The van der Waals surface area contributed by atoms with Gasteiger partial charge in [-0.15, -0.1) is 0 Å². The Morgan fingerprint density at radius 3 is 2.51 bits per heavy atom. The lowest BCUT2D eigenvalue weighted by atomic mass is 9.94. The zero-order chi connectivity index (χ0) is 24.8. The van der Waals surface area contributed by atoms with Crippen LogP contribution in [0.15, 0.2) is 77.7 Å². The fourth-order valence-electron chi connectivity index (χ4n) is 4.50. The Bertz CT molecular complexity index is 1180. The van der Waals surface area contributed by atoms with Crippen molar-refractivity contribution in [3.05, 3.63) is 89.5 Å². The summed E-state index contributed by atoms with van der Waals surface area (Å²) in [6.07, 6.45) is 1.72. The number of amides is 1. The van der Waals surface area contributed by atoms with Crippen molar-refractivity contribution < 1.29 is 9.90 Å². The summed E-state index contributed by atoms with van der Waals surface area (Å²) in [4.78, 5) is 16.6. The average molecular weight is 490 g/mol. The quantitative estimate of drug-likeness (QED) is 0.185. The van der Waals surface area contributed by atoms with Crippen molar-refractivity contribution in [2.45, 2.75) is 23.8 Å². The molecular weight excluding hydrogens is 458 g/mol. The second-order valence-electron chi connectivity index (χ2n) is 8.79. The van der Waals surface area contributed by atoms with Crippen molar-refractivity contribution in [2.75, 3.05) is 30.7 Å². The summed E-state index contributed by atoms with van der Waals surface area (Å²) in [5.41, 5.74) is 9.69. The molecule has 1 unspecified atom stereocenters. The molecule has 1 aliphatic heterocycles. The van der Waals surface area contributed by atoms with Gasteiger partial charge < -0.3 is 16.2 Å². The molecule has 4 rings (SSSR count). The largest absolute Gasteiger partial charge is 0.398 e. The third-order valence-corrected chi connectivity index (χ3v) is 7.01. The number of nitrogen functional groups attached to an aromatic ring is 1. The smallest absolute Gasteiger partial charge is 0.246 e. The minimum absolute atomic E-state index is 0.137. The molecule has 1 amide bonds. The fraction of sp³-hybridized carbons (Fsp3) is 0.259. The highest BCUT2D eigenvalue weighted by molar-refractivity contribution is 7.97. The standard InChI is InChI=1S/C27H31N5O2S/c28-24-10-9-21(16-23(24)25(29)20-7-4-8-22(15-20)35-30)31-27(34)26(19-5-2-1-3-6-19)32-13-11-18(17-33)12-14-32/h1-10,15-16,18,26,29,33H,11-14,17,28,30H2,(H,31,34). The van der Waals surface area contributed by atoms with E-state index >= 15 is 0 Å². The first-order valence-electron chi connectivity index (χ1n) is 11.7. The molecule has 7 N–H and O–H groups in total. The lowest BCUT2D eigenvalue weighted by molar-refractivity contribution is -0.122. The highest BCUT2D eigenvalue weighted by Gasteiger charge is 2.31.